The zero-order chi connectivity index (χ0) is 17.6. The van der Waals surface area contributed by atoms with Crippen molar-refractivity contribution < 1.29 is 9.18 Å². The maximum atomic E-state index is 13.0. The average Bonchev–Trinajstić information content (AvgIpc) is 2.67. The predicted octanol–water partition coefficient (Wildman–Crippen LogP) is 1.50. The van der Waals surface area contributed by atoms with Crippen LogP contribution in [0, 0.1) is 5.82 Å². The minimum Gasteiger partial charge on any atom is -0.369 e. The summed E-state index contributed by atoms with van der Waals surface area (Å²) in [5.41, 5.74) is 1.07. The number of likely N-dealkylation sites (N-methyl/N-ethyl adjacent to an activating group) is 1. The molecular weight excluding hydrogens is 319 g/mol. The molecule has 0 aromatic heterocycles. The van der Waals surface area contributed by atoms with E-state index in [0.29, 0.717) is 6.42 Å². The van der Waals surface area contributed by atoms with Crippen LogP contribution >= 0.6 is 0 Å². The summed E-state index contributed by atoms with van der Waals surface area (Å²) >= 11 is 0. The van der Waals surface area contributed by atoms with E-state index in [2.05, 4.69) is 21.6 Å². The van der Waals surface area contributed by atoms with E-state index in [9.17, 15) is 9.18 Å². The molecule has 0 aliphatic carbocycles. The Hall–Kier alpha value is -1.66. The van der Waals surface area contributed by atoms with Crippen molar-refractivity contribution in [1.29, 1.82) is 0 Å². The Kier molecular flexibility index (Phi) is 6.26. The Balaban J connectivity index is 1.38. The van der Waals surface area contributed by atoms with Gasteiger partial charge < -0.3 is 14.7 Å². The van der Waals surface area contributed by atoms with Gasteiger partial charge in [0.25, 0.3) is 0 Å². The number of carbonyl (C=O) groups excluding carboxylic acids is 1. The third-order valence-corrected chi connectivity index (χ3v) is 5.38. The first-order valence-electron chi connectivity index (χ1n) is 9.38. The zero-order valence-corrected chi connectivity index (χ0v) is 15.2. The van der Waals surface area contributed by atoms with Crippen LogP contribution in [-0.2, 0) is 4.79 Å². The molecule has 2 saturated heterocycles. The van der Waals surface area contributed by atoms with E-state index in [1.54, 1.807) is 0 Å². The Morgan fingerprint density at radius 1 is 0.920 bits per heavy atom. The van der Waals surface area contributed by atoms with Gasteiger partial charge >= 0.3 is 0 Å². The van der Waals surface area contributed by atoms with Crippen molar-refractivity contribution in [1.82, 2.24) is 14.7 Å². The summed E-state index contributed by atoms with van der Waals surface area (Å²) in [6.45, 7) is 11.6. The van der Waals surface area contributed by atoms with Gasteiger partial charge in [0.15, 0.2) is 0 Å². The molecule has 3 rings (SSSR count). The summed E-state index contributed by atoms with van der Waals surface area (Å²) in [6, 6.07) is 6.70. The molecule has 0 bridgehead atoms. The SMILES string of the molecule is CCN1CCN(C(=O)CCN2CCN(c3ccc(F)cc3)CC2)CC1. The van der Waals surface area contributed by atoms with Gasteiger partial charge in [0.1, 0.15) is 5.82 Å². The lowest BCUT2D eigenvalue weighted by Crippen LogP contribution is -2.50. The lowest BCUT2D eigenvalue weighted by molar-refractivity contribution is -0.133. The first-order valence-corrected chi connectivity index (χ1v) is 9.38. The number of benzene rings is 1. The van der Waals surface area contributed by atoms with E-state index in [1.807, 2.05) is 17.0 Å². The number of anilines is 1. The highest BCUT2D eigenvalue weighted by atomic mass is 19.1. The molecule has 0 atom stereocenters. The summed E-state index contributed by atoms with van der Waals surface area (Å²) in [5.74, 6) is 0.0948. The number of hydrogen-bond donors (Lipinski definition) is 0. The molecule has 2 heterocycles. The van der Waals surface area contributed by atoms with Crippen molar-refractivity contribution in [3.05, 3.63) is 30.1 Å². The molecule has 25 heavy (non-hydrogen) atoms. The van der Waals surface area contributed by atoms with E-state index in [4.69, 9.17) is 0 Å². The van der Waals surface area contributed by atoms with Gasteiger partial charge in [-0.3, -0.25) is 9.69 Å². The van der Waals surface area contributed by atoms with Crippen LogP contribution in [0.3, 0.4) is 0 Å². The molecule has 0 spiro atoms. The number of rotatable bonds is 5. The highest BCUT2D eigenvalue weighted by Gasteiger charge is 2.22. The fraction of sp³-hybridized carbons (Fsp3) is 0.632. The van der Waals surface area contributed by atoms with Crippen LogP contribution in [0.5, 0.6) is 0 Å². The monoisotopic (exact) mass is 348 g/mol. The molecular formula is C19H29FN4O. The quantitative estimate of drug-likeness (QED) is 0.807. The van der Waals surface area contributed by atoms with Gasteiger partial charge in [0, 0.05) is 71.0 Å². The van der Waals surface area contributed by atoms with Crippen LogP contribution in [-0.4, -0.2) is 86.1 Å². The molecule has 138 valence electrons. The first kappa shape index (κ1) is 18.1. The highest BCUT2D eigenvalue weighted by Crippen LogP contribution is 2.17. The second-order valence-electron chi connectivity index (χ2n) is 6.87. The summed E-state index contributed by atoms with van der Waals surface area (Å²) in [4.78, 5) is 21.4. The summed E-state index contributed by atoms with van der Waals surface area (Å²) in [7, 11) is 0. The Morgan fingerprint density at radius 2 is 1.52 bits per heavy atom. The Bertz CT molecular complexity index is 549. The van der Waals surface area contributed by atoms with Crippen molar-refractivity contribution in [3.8, 4) is 0 Å². The molecule has 1 aromatic rings. The van der Waals surface area contributed by atoms with E-state index in [-0.39, 0.29) is 11.7 Å². The van der Waals surface area contributed by atoms with Crippen molar-refractivity contribution in [2.45, 2.75) is 13.3 Å². The minimum atomic E-state index is -0.194. The largest absolute Gasteiger partial charge is 0.369 e. The van der Waals surface area contributed by atoms with Crippen LogP contribution in [0.1, 0.15) is 13.3 Å². The molecule has 2 aliphatic rings. The third kappa shape index (κ3) is 4.92. The smallest absolute Gasteiger partial charge is 0.223 e. The lowest BCUT2D eigenvalue weighted by Gasteiger charge is -2.37. The topological polar surface area (TPSA) is 30.0 Å². The minimum absolute atomic E-state index is 0.194. The van der Waals surface area contributed by atoms with Gasteiger partial charge in [0.05, 0.1) is 0 Å². The van der Waals surface area contributed by atoms with E-state index in [1.165, 1.54) is 12.1 Å². The van der Waals surface area contributed by atoms with Gasteiger partial charge in [-0.25, -0.2) is 4.39 Å². The Morgan fingerprint density at radius 3 is 2.12 bits per heavy atom. The normalized spacial score (nSPS) is 20.1. The van der Waals surface area contributed by atoms with Crippen molar-refractivity contribution >= 4 is 11.6 Å². The molecule has 1 aromatic carbocycles. The fourth-order valence-corrected chi connectivity index (χ4v) is 3.61. The van der Waals surface area contributed by atoms with E-state index in [0.717, 1.165) is 71.1 Å². The first-order chi connectivity index (χ1) is 12.2. The van der Waals surface area contributed by atoms with Crippen molar-refractivity contribution in [3.63, 3.8) is 0 Å². The number of hydrogen-bond acceptors (Lipinski definition) is 4. The second-order valence-corrected chi connectivity index (χ2v) is 6.87. The second kappa shape index (κ2) is 8.63. The van der Waals surface area contributed by atoms with Gasteiger partial charge in [-0.05, 0) is 30.8 Å². The number of carbonyl (C=O) groups is 1. The molecule has 2 fully saturated rings. The van der Waals surface area contributed by atoms with Gasteiger partial charge in [-0.15, -0.1) is 0 Å². The predicted molar refractivity (Wildman–Crippen MR) is 98.4 cm³/mol. The number of nitrogens with zero attached hydrogens (tertiary/aromatic N) is 4. The fourth-order valence-electron chi connectivity index (χ4n) is 3.61. The van der Waals surface area contributed by atoms with Gasteiger partial charge in [-0.1, -0.05) is 6.92 Å². The van der Waals surface area contributed by atoms with Crippen LogP contribution in [0.4, 0.5) is 10.1 Å². The van der Waals surface area contributed by atoms with Crippen LogP contribution in [0.2, 0.25) is 0 Å². The van der Waals surface area contributed by atoms with Gasteiger partial charge in [-0.2, -0.15) is 0 Å². The van der Waals surface area contributed by atoms with Crippen molar-refractivity contribution in [2.75, 3.05) is 70.3 Å². The van der Waals surface area contributed by atoms with E-state index >= 15 is 0 Å². The van der Waals surface area contributed by atoms with Gasteiger partial charge in [0.2, 0.25) is 5.91 Å². The third-order valence-electron chi connectivity index (χ3n) is 5.38. The molecule has 0 unspecified atom stereocenters. The van der Waals surface area contributed by atoms with Crippen LogP contribution < -0.4 is 4.90 Å². The molecule has 1 amide bonds. The van der Waals surface area contributed by atoms with Crippen LogP contribution in [0.15, 0.2) is 24.3 Å². The molecule has 6 heteroatoms. The molecule has 0 saturated carbocycles. The standard InChI is InChI=1S/C19H29FN4O/c1-2-21-9-15-24(16-10-21)19(25)7-8-22-11-13-23(14-12-22)18-5-3-17(20)4-6-18/h3-6H,2,7-16H2,1H3. The summed E-state index contributed by atoms with van der Waals surface area (Å²) in [5, 5.41) is 0. The maximum Gasteiger partial charge on any atom is 0.223 e. The van der Waals surface area contributed by atoms with Crippen molar-refractivity contribution in [2.24, 2.45) is 0 Å². The molecule has 2 aliphatic heterocycles. The number of amides is 1. The average molecular weight is 348 g/mol. The van der Waals surface area contributed by atoms with E-state index < -0.39 is 0 Å². The van der Waals surface area contributed by atoms with Crippen LogP contribution in [0.25, 0.3) is 0 Å². The highest BCUT2D eigenvalue weighted by molar-refractivity contribution is 5.76. The summed E-state index contributed by atoms with van der Waals surface area (Å²) < 4.78 is 13.0. The summed E-state index contributed by atoms with van der Waals surface area (Å²) in [6.07, 6.45) is 0.614. The zero-order valence-electron chi connectivity index (χ0n) is 15.2. The molecule has 0 N–H and O–H groups in total. The number of piperazine rings is 2. The Labute approximate surface area is 150 Å². The number of halogens is 1. The molecule has 5 nitrogen and oxygen atoms in total. The maximum absolute atomic E-state index is 13.0. The lowest BCUT2D eigenvalue weighted by atomic mass is 10.2. The molecule has 0 radical (unpaired) electrons.